The first-order chi connectivity index (χ1) is 16.4. The summed E-state index contributed by atoms with van der Waals surface area (Å²) in [6, 6.07) is 18.2. The minimum absolute atomic E-state index is 0.0431. The Bertz CT molecular complexity index is 1560. The monoisotopic (exact) mass is 490 g/mol. The number of hydrogen-bond donors (Lipinski definition) is 3. The van der Waals surface area contributed by atoms with Crippen LogP contribution in [0.3, 0.4) is 0 Å². The number of carboxylic acids is 1. The highest BCUT2D eigenvalue weighted by atomic mass is 32.2. The molecule has 1 heterocycles. The van der Waals surface area contributed by atoms with Crippen molar-refractivity contribution in [1.82, 2.24) is 4.98 Å². The smallest absolute Gasteiger partial charge is 0.352 e. The Hall–Kier alpha value is -3.91. The van der Waals surface area contributed by atoms with Crippen LogP contribution in [-0.2, 0) is 15.4 Å². The fourth-order valence-electron chi connectivity index (χ4n) is 3.96. The Balaban J connectivity index is 1.78. The Morgan fingerprint density at radius 3 is 2.23 bits per heavy atom. The van der Waals surface area contributed by atoms with Gasteiger partial charge in [-0.25, -0.2) is 13.2 Å². The van der Waals surface area contributed by atoms with Crippen LogP contribution in [0.5, 0.6) is 0 Å². The Morgan fingerprint density at radius 1 is 0.943 bits per heavy atom. The molecule has 35 heavy (non-hydrogen) atoms. The van der Waals surface area contributed by atoms with E-state index in [2.05, 4.69) is 30.5 Å². The van der Waals surface area contributed by atoms with Crippen LogP contribution in [0.1, 0.15) is 54.1 Å². The molecule has 0 aliphatic heterocycles. The van der Waals surface area contributed by atoms with Crippen LogP contribution in [0.15, 0.2) is 71.6 Å². The Kier molecular flexibility index (Phi) is 6.02. The summed E-state index contributed by atoms with van der Waals surface area (Å²) in [5.74, 6) is -1.31. The highest BCUT2D eigenvalue weighted by Gasteiger charge is 2.21. The van der Waals surface area contributed by atoms with Crippen LogP contribution in [0, 0.1) is 0 Å². The lowest BCUT2D eigenvalue weighted by Gasteiger charge is -2.19. The third kappa shape index (κ3) is 4.83. The Labute approximate surface area is 203 Å². The molecular weight excluding hydrogens is 464 g/mol. The number of H-pyrrole nitrogens is 1. The van der Waals surface area contributed by atoms with Crippen LogP contribution in [0.4, 0.5) is 5.69 Å². The second kappa shape index (κ2) is 8.70. The zero-order valence-corrected chi connectivity index (χ0v) is 20.7. The number of fused-ring (bicyclic) bond motifs is 1. The lowest BCUT2D eigenvalue weighted by molar-refractivity contribution is 0.0692. The van der Waals surface area contributed by atoms with E-state index >= 15 is 0 Å². The number of nitrogens with one attached hydrogen (secondary N) is 2. The Morgan fingerprint density at radius 2 is 1.63 bits per heavy atom. The van der Waals surface area contributed by atoms with Gasteiger partial charge >= 0.3 is 5.97 Å². The van der Waals surface area contributed by atoms with Crippen LogP contribution >= 0.6 is 0 Å². The van der Waals surface area contributed by atoms with E-state index in [1.54, 1.807) is 66.7 Å². The van der Waals surface area contributed by atoms with Gasteiger partial charge in [0.25, 0.3) is 10.0 Å². The number of aromatic nitrogens is 1. The predicted octanol–water partition coefficient (Wildman–Crippen LogP) is 5.83. The molecule has 7 nitrogen and oxygen atoms in total. The van der Waals surface area contributed by atoms with Gasteiger partial charge in [0.15, 0.2) is 5.78 Å². The molecule has 0 radical (unpaired) electrons. The first kappa shape index (κ1) is 24.2. The van der Waals surface area contributed by atoms with E-state index in [0.29, 0.717) is 27.6 Å². The molecule has 180 valence electrons. The van der Waals surface area contributed by atoms with Crippen molar-refractivity contribution in [3.05, 3.63) is 83.6 Å². The van der Waals surface area contributed by atoms with E-state index in [9.17, 15) is 23.1 Å². The third-order valence-corrected chi connectivity index (χ3v) is 7.25. The lowest BCUT2D eigenvalue weighted by atomic mass is 9.87. The number of carbonyl (C=O) groups is 2. The van der Waals surface area contributed by atoms with Gasteiger partial charge < -0.3 is 10.1 Å². The van der Waals surface area contributed by atoms with E-state index in [0.717, 1.165) is 5.56 Å². The SMILES string of the molecule is CC(=O)c1cccc(-c2c(C(=O)O)[nH]c3ccc(NS(=O)(=O)c4ccc(C(C)(C)C)cc4)cc23)c1. The van der Waals surface area contributed by atoms with Crippen molar-refractivity contribution >= 4 is 38.4 Å². The number of carbonyl (C=O) groups excluding carboxylic acids is 1. The standard InChI is InChI=1S/C27H26N2O5S/c1-16(30)17-6-5-7-18(14-17)24-22-15-20(10-13-23(22)28-25(24)26(31)32)29-35(33,34)21-11-8-19(9-12-21)27(2,3)4/h5-15,28-29H,1-4H3,(H,31,32). The van der Waals surface area contributed by atoms with Gasteiger partial charge in [-0.1, -0.05) is 51.1 Å². The van der Waals surface area contributed by atoms with Crippen LogP contribution in [-0.4, -0.2) is 30.3 Å². The normalized spacial score (nSPS) is 12.0. The molecule has 0 fully saturated rings. The van der Waals surface area contributed by atoms with Crippen molar-refractivity contribution in [2.45, 2.75) is 38.0 Å². The van der Waals surface area contributed by atoms with E-state index in [-0.39, 0.29) is 27.5 Å². The largest absolute Gasteiger partial charge is 0.477 e. The molecule has 3 aromatic carbocycles. The molecule has 0 unspecified atom stereocenters. The van der Waals surface area contributed by atoms with E-state index in [4.69, 9.17) is 0 Å². The van der Waals surface area contributed by atoms with Gasteiger partial charge in [-0.2, -0.15) is 0 Å². The molecular formula is C27H26N2O5S. The second-order valence-corrected chi connectivity index (χ2v) is 11.1. The molecule has 0 saturated heterocycles. The number of aromatic amines is 1. The number of aromatic carboxylic acids is 1. The lowest BCUT2D eigenvalue weighted by Crippen LogP contribution is -2.14. The number of rotatable bonds is 6. The molecule has 1 aromatic heterocycles. The first-order valence-electron chi connectivity index (χ1n) is 11.0. The van der Waals surface area contributed by atoms with E-state index in [1.165, 1.54) is 6.92 Å². The van der Waals surface area contributed by atoms with Crippen molar-refractivity contribution in [3.8, 4) is 11.1 Å². The molecule has 0 bridgehead atoms. The molecule has 0 aliphatic rings. The maximum Gasteiger partial charge on any atom is 0.352 e. The van der Waals surface area contributed by atoms with Gasteiger partial charge in [0.2, 0.25) is 0 Å². The second-order valence-electron chi connectivity index (χ2n) is 9.46. The minimum atomic E-state index is -3.87. The zero-order chi connectivity index (χ0) is 25.5. The van der Waals surface area contributed by atoms with Crippen molar-refractivity contribution in [2.75, 3.05) is 4.72 Å². The molecule has 4 rings (SSSR count). The fraction of sp³-hybridized carbons (Fsp3) is 0.185. The van der Waals surface area contributed by atoms with Crippen LogP contribution in [0.25, 0.3) is 22.0 Å². The highest BCUT2D eigenvalue weighted by Crippen LogP contribution is 2.35. The number of sulfonamides is 1. The number of anilines is 1. The van der Waals surface area contributed by atoms with Gasteiger partial charge in [-0.15, -0.1) is 0 Å². The van der Waals surface area contributed by atoms with Gasteiger partial charge in [-0.3, -0.25) is 9.52 Å². The van der Waals surface area contributed by atoms with Gasteiger partial charge in [0, 0.05) is 27.7 Å². The molecule has 0 saturated carbocycles. The van der Waals surface area contributed by atoms with E-state index < -0.39 is 16.0 Å². The minimum Gasteiger partial charge on any atom is -0.477 e. The highest BCUT2D eigenvalue weighted by molar-refractivity contribution is 7.92. The molecule has 0 atom stereocenters. The summed E-state index contributed by atoms with van der Waals surface area (Å²) in [7, 11) is -3.87. The molecule has 0 aliphatic carbocycles. The van der Waals surface area contributed by atoms with Crippen molar-refractivity contribution in [1.29, 1.82) is 0 Å². The third-order valence-electron chi connectivity index (χ3n) is 5.85. The quantitative estimate of drug-likeness (QED) is 0.294. The number of hydrogen-bond acceptors (Lipinski definition) is 4. The number of benzene rings is 3. The van der Waals surface area contributed by atoms with Crippen LogP contribution < -0.4 is 4.72 Å². The van der Waals surface area contributed by atoms with Gasteiger partial charge in [0.05, 0.1) is 4.90 Å². The topological polar surface area (TPSA) is 116 Å². The summed E-state index contributed by atoms with van der Waals surface area (Å²) in [4.78, 5) is 26.9. The predicted molar refractivity (Wildman–Crippen MR) is 137 cm³/mol. The first-order valence-corrected chi connectivity index (χ1v) is 12.5. The molecule has 3 N–H and O–H groups in total. The van der Waals surface area contributed by atoms with Crippen molar-refractivity contribution in [2.24, 2.45) is 0 Å². The van der Waals surface area contributed by atoms with Gasteiger partial charge in [-0.05, 0) is 59.9 Å². The number of carboxylic acid groups (broad SMARTS) is 1. The zero-order valence-electron chi connectivity index (χ0n) is 19.8. The fourth-order valence-corrected chi connectivity index (χ4v) is 5.01. The maximum absolute atomic E-state index is 13.0. The molecule has 4 aromatic rings. The van der Waals surface area contributed by atoms with Gasteiger partial charge in [0.1, 0.15) is 5.69 Å². The molecule has 0 spiro atoms. The summed E-state index contributed by atoms with van der Waals surface area (Å²) in [5.41, 5.74) is 3.06. The van der Waals surface area contributed by atoms with Crippen molar-refractivity contribution < 1.29 is 23.1 Å². The number of Topliss-reactive ketones (excluding diaryl/α,β-unsaturated/α-hetero) is 1. The maximum atomic E-state index is 13.0. The average Bonchev–Trinajstić information content (AvgIpc) is 3.17. The summed E-state index contributed by atoms with van der Waals surface area (Å²) in [5, 5.41) is 10.3. The van der Waals surface area contributed by atoms with E-state index in [1.807, 2.05) is 0 Å². The summed E-state index contributed by atoms with van der Waals surface area (Å²) < 4.78 is 28.7. The van der Waals surface area contributed by atoms with Crippen LogP contribution in [0.2, 0.25) is 0 Å². The molecule has 0 amide bonds. The average molecular weight is 491 g/mol. The summed E-state index contributed by atoms with van der Waals surface area (Å²) >= 11 is 0. The van der Waals surface area contributed by atoms with Crippen molar-refractivity contribution in [3.63, 3.8) is 0 Å². The summed E-state index contributed by atoms with van der Waals surface area (Å²) in [6.45, 7) is 7.59. The number of ketones is 1. The molecule has 8 heteroatoms. The summed E-state index contributed by atoms with van der Waals surface area (Å²) in [6.07, 6.45) is 0.